The number of aromatic amines is 1. The van der Waals surface area contributed by atoms with E-state index in [-0.39, 0.29) is 12.2 Å². The van der Waals surface area contributed by atoms with Gasteiger partial charge in [0.1, 0.15) is 28.2 Å². The summed E-state index contributed by atoms with van der Waals surface area (Å²) < 4.78 is 44.1. The Kier molecular flexibility index (Phi) is 4.99. The van der Waals surface area contributed by atoms with E-state index in [0.29, 0.717) is 45.1 Å². The quantitative estimate of drug-likeness (QED) is 0.364. The third-order valence-corrected chi connectivity index (χ3v) is 6.37. The van der Waals surface area contributed by atoms with Crippen molar-refractivity contribution in [3.05, 3.63) is 65.6 Å². The zero-order valence-electron chi connectivity index (χ0n) is 20.4. The zero-order chi connectivity index (χ0) is 26.9. The van der Waals surface area contributed by atoms with Gasteiger partial charge < -0.3 is 15.2 Å². The number of nitrogens with one attached hydrogen (secondary N) is 1. The van der Waals surface area contributed by atoms with Crippen LogP contribution < -0.4 is 10.6 Å². The molecule has 0 aliphatic rings. The Labute approximate surface area is 212 Å². The number of amides is 1. The Hall–Kier alpha value is -4.88. The molecule has 0 saturated carbocycles. The van der Waals surface area contributed by atoms with E-state index in [1.807, 2.05) is 0 Å². The first-order valence-electron chi connectivity index (χ1n) is 11.5. The van der Waals surface area contributed by atoms with Gasteiger partial charge in [-0.25, -0.2) is 15.0 Å². The second kappa shape index (κ2) is 8.06. The van der Waals surface area contributed by atoms with Crippen molar-refractivity contribution >= 4 is 45.0 Å². The number of alkyl halides is 3. The van der Waals surface area contributed by atoms with E-state index in [1.54, 1.807) is 48.8 Å². The van der Waals surface area contributed by atoms with Crippen LogP contribution in [0.1, 0.15) is 27.4 Å². The van der Waals surface area contributed by atoms with Crippen molar-refractivity contribution in [3.63, 3.8) is 0 Å². The van der Waals surface area contributed by atoms with Crippen LogP contribution in [0.2, 0.25) is 0 Å². The highest BCUT2D eigenvalue weighted by atomic mass is 19.4. The Morgan fingerprint density at radius 3 is 2.63 bits per heavy atom. The van der Waals surface area contributed by atoms with Crippen LogP contribution in [0.15, 0.2) is 43.0 Å². The van der Waals surface area contributed by atoms with E-state index < -0.39 is 17.6 Å². The SMILES string of the molecule is Cc1nn(C)cc1N(Cc1cn2cc(C(F)(F)F)ccc2n1)C(=O)c1cc2nc(N)c3c(c[nH]n3C)c2n1. The molecule has 3 N–H and O–H groups in total. The van der Waals surface area contributed by atoms with Crippen LogP contribution in [0.4, 0.5) is 24.7 Å². The minimum atomic E-state index is -4.49. The average Bonchev–Trinajstić information content (AvgIpc) is 3.61. The number of fused-ring (bicyclic) bond motifs is 4. The Morgan fingerprint density at radius 1 is 1.13 bits per heavy atom. The van der Waals surface area contributed by atoms with Crippen molar-refractivity contribution in [2.75, 3.05) is 10.6 Å². The molecule has 38 heavy (non-hydrogen) atoms. The summed E-state index contributed by atoms with van der Waals surface area (Å²) in [4.78, 5) is 28.8. The molecule has 11 nitrogen and oxygen atoms in total. The number of nitrogens with two attached hydrogens (primary N) is 1. The van der Waals surface area contributed by atoms with Gasteiger partial charge in [-0.2, -0.15) is 18.3 Å². The number of imidazole rings is 1. The molecule has 14 heteroatoms. The van der Waals surface area contributed by atoms with Crippen molar-refractivity contribution in [3.8, 4) is 0 Å². The van der Waals surface area contributed by atoms with E-state index in [1.165, 1.54) is 21.6 Å². The monoisotopic (exact) mass is 522 g/mol. The largest absolute Gasteiger partial charge is 0.417 e. The summed E-state index contributed by atoms with van der Waals surface area (Å²) in [7, 11) is 3.52. The number of hydrogen-bond acceptors (Lipinski definition) is 6. The molecule has 0 fully saturated rings. The van der Waals surface area contributed by atoms with Crippen molar-refractivity contribution in [2.45, 2.75) is 19.6 Å². The van der Waals surface area contributed by atoms with Crippen molar-refractivity contribution in [2.24, 2.45) is 14.1 Å². The van der Waals surface area contributed by atoms with Crippen LogP contribution in [0.25, 0.3) is 27.6 Å². The molecular weight excluding hydrogens is 501 g/mol. The van der Waals surface area contributed by atoms with Crippen molar-refractivity contribution < 1.29 is 18.0 Å². The molecule has 0 aliphatic carbocycles. The number of halogens is 3. The molecule has 6 rings (SSSR count). The molecule has 1 amide bonds. The number of aryl methyl sites for hydroxylation is 3. The third kappa shape index (κ3) is 3.72. The summed E-state index contributed by atoms with van der Waals surface area (Å²) in [5, 5.41) is 8.10. The van der Waals surface area contributed by atoms with Crippen LogP contribution >= 0.6 is 0 Å². The number of rotatable bonds is 4. The molecule has 0 bridgehead atoms. The topological polar surface area (TPSA) is 128 Å². The normalized spacial score (nSPS) is 12.3. The Bertz CT molecular complexity index is 1870. The van der Waals surface area contributed by atoms with Gasteiger partial charge in [-0.3, -0.25) is 19.1 Å². The molecule has 0 aliphatic heterocycles. The van der Waals surface area contributed by atoms with Crippen molar-refractivity contribution in [1.82, 2.24) is 38.9 Å². The molecule has 0 radical (unpaired) electrons. The second-order valence-corrected chi connectivity index (χ2v) is 9.04. The molecule has 194 valence electrons. The number of aromatic nitrogens is 8. The smallest absolute Gasteiger partial charge is 0.382 e. The minimum absolute atomic E-state index is 0.0261. The molecule has 0 spiro atoms. The summed E-state index contributed by atoms with van der Waals surface area (Å²) >= 11 is 0. The highest BCUT2D eigenvalue weighted by Crippen LogP contribution is 2.31. The van der Waals surface area contributed by atoms with Crippen LogP contribution in [0.3, 0.4) is 0 Å². The van der Waals surface area contributed by atoms with Crippen LogP contribution in [0.5, 0.6) is 0 Å². The van der Waals surface area contributed by atoms with E-state index in [2.05, 4.69) is 25.1 Å². The fourth-order valence-corrected chi connectivity index (χ4v) is 4.66. The number of nitrogen functional groups attached to an aromatic ring is 1. The van der Waals surface area contributed by atoms with Crippen molar-refractivity contribution in [1.29, 1.82) is 0 Å². The van der Waals surface area contributed by atoms with Gasteiger partial charge in [0.15, 0.2) is 0 Å². The summed E-state index contributed by atoms with van der Waals surface area (Å²) in [5.41, 5.74) is 8.93. The van der Waals surface area contributed by atoms with Gasteiger partial charge in [0, 0.05) is 44.3 Å². The Morgan fingerprint density at radius 2 is 1.92 bits per heavy atom. The highest BCUT2D eigenvalue weighted by molar-refractivity contribution is 6.12. The van der Waals surface area contributed by atoms with E-state index >= 15 is 0 Å². The number of nitrogens with zero attached hydrogens (tertiary/aromatic N) is 8. The lowest BCUT2D eigenvalue weighted by molar-refractivity contribution is -0.137. The molecule has 6 aromatic heterocycles. The van der Waals surface area contributed by atoms with Gasteiger partial charge in [0.25, 0.3) is 5.91 Å². The Balaban J connectivity index is 1.43. The zero-order valence-corrected chi connectivity index (χ0v) is 20.4. The van der Waals surface area contributed by atoms with Crippen LogP contribution in [-0.4, -0.2) is 44.8 Å². The maximum absolute atomic E-state index is 13.9. The number of H-pyrrole nitrogens is 1. The lowest BCUT2D eigenvalue weighted by Crippen LogP contribution is -2.31. The highest BCUT2D eigenvalue weighted by Gasteiger charge is 2.31. The number of hydrogen-bond donors (Lipinski definition) is 2. The predicted octanol–water partition coefficient (Wildman–Crippen LogP) is 3.59. The number of carbonyl (C=O) groups is 1. The second-order valence-electron chi connectivity index (χ2n) is 9.04. The average molecular weight is 522 g/mol. The molecule has 6 aromatic rings. The van der Waals surface area contributed by atoms with Crippen LogP contribution in [-0.2, 0) is 26.8 Å². The van der Waals surface area contributed by atoms with Gasteiger partial charge >= 0.3 is 6.18 Å². The predicted molar refractivity (Wildman–Crippen MR) is 133 cm³/mol. The molecule has 0 atom stereocenters. The molecule has 0 saturated heterocycles. The first kappa shape index (κ1) is 23.5. The maximum Gasteiger partial charge on any atom is 0.417 e. The fraction of sp³-hybridized carbons (Fsp3) is 0.208. The first-order chi connectivity index (χ1) is 18.0. The van der Waals surface area contributed by atoms with Gasteiger partial charge in [-0.1, -0.05) is 0 Å². The van der Waals surface area contributed by atoms with E-state index in [9.17, 15) is 18.0 Å². The van der Waals surface area contributed by atoms with Gasteiger partial charge in [-0.15, -0.1) is 0 Å². The summed E-state index contributed by atoms with van der Waals surface area (Å²) in [6.07, 6.45) is 1.38. The van der Waals surface area contributed by atoms with E-state index in [4.69, 9.17) is 5.73 Å². The van der Waals surface area contributed by atoms with Gasteiger partial charge in [-0.05, 0) is 25.1 Å². The molecule has 0 unspecified atom stereocenters. The fourth-order valence-electron chi connectivity index (χ4n) is 4.66. The number of pyridine rings is 2. The maximum atomic E-state index is 13.9. The first-order valence-corrected chi connectivity index (χ1v) is 11.5. The van der Waals surface area contributed by atoms with Crippen LogP contribution in [0, 0.1) is 6.92 Å². The summed E-state index contributed by atoms with van der Waals surface area (Å²) in [6.45, 7) is 1.73. The van der Waals surface area contributed by atoms with E-state index in [0.717, 1.165) is 17.6 Å². The molecular formula is C24H21F3N10O. The number of carbonyl (C=O) groups excluding carboxylic acids is 1. The number of anilines is 2. The lowest BCUT2D eigenvalue weighted by Gasteiger charge is -2.20. The molecule has 0 aromatic carbocycles. The van der Waals surface area contributed by atoms with Gasteiger partial charge in [0.2, 0.25) is 0 Å². The molecule has 6 heterocycles. The third-order valence-electron chi connectivity index (χ3n) is 6.37. The lowest BCUT2D eigenvalue weighted by atomic mass is 10.2. The van der Waals surface area contributed by atoms with Gasteiger partial charge in [0.05, 0.1) is 34.7 Å². The standard InChI is InChI=1S/C24H21F3N10O/c1-12-18(11-34(2)33-12)37(10-14-9-36-8-13(24(25,26)27)4-5-19(36)30-14)23(38)17-6-16-20(31-17)15-7-29-35(3)21(15)22(28)32-16/h4-9,11,29H,10,28H2,1-3H3. The summed E-state index contributed by atoms with van der Waals surface area (Å²) in [5.74, 6) is -0.149. The minimum Gasteiger partial charge on any atom is -0.382 e. The summed E-state index contributed by atoms with van der Waals surface area (Å²) in [6, 6.07) is 3.83.